The molecule has 1 atom stereocenters. The SMILES string of the molecule is CC(C(=O)Nc1cccc(NC(=O)c2ccc(C(C)(C)C)cc2)c1)N(c1cccc(Cl)c1)S(C)(=O)=O. The lowest BCUT2D eigenvalue weighted by molar-refractivity contribution is -0.116. The van der Waals surface area contributed by atoms with Gasteiger partial charge in [0.05, 0.1) is 11.9 Å². The standard InChI is InChI=1S/C27H30ClN3O4S/c1-18(31(36(5,34)35)24-11-6-8-21(28)16-24)25(32)29-22-9-7-10-23(17-22)30-26(33)19-12-14-20(15-13-19)27(2,3)4/h6-18H,1-5H3,(H,29,32)(H,30,33). The second-order valence-corrected chi connectivity index (χ2v) is 11.9. The Morgan fingerprint density at radius 1 is 0.889 bits per heavy atom. The van der Waals surface area contributed by atoms with Crippen LogP contribution in [0.5, 0.6) is 0 Å². The summed E-state index contributed by atoms with van der Waals surface area (Å²) in [7, 11) is -3.78. The van der Waals surface area contributed by atoms with Crippen LogP contribution in [0.2, 0.25) is 5.02 Å². The predicted molar refractivity (Wildman–Crippen MR) is 146 cm³/mol. The highest BCUT2D eigenvalue weighted by atomic mass is 35.5. The maximum atomic E-state index is 13.0. The average molecular weight is 528 g/mol. The Labute approximate surface area is 217 Å². The van der Waals surface area contributed by atoms with Gasteiger partial charge < -0.3 is 10.6 Å². The molecule has 0 saturated heterocycles. The largest absolute Gasteiger partial charge is 0.324 e. The quantitative estimate of drug-likeness (QED) is 0.413. The smallest absolute Gasteiger partial charge is 0.255 e. The normalized spacial score (nSPS) is 12.5. The van der Waals surface area contributed by atoms with E-state index in [0.717, 1.165) is 16.1 Å². The third-order valence-electron chi connectivity index (χ3n) is 5.55. The molecule has 2 N–H and O–H groups in total. The molecule has 0 bridgehead atoms. The van der Waals surface area contributed by atoms with Crippen LogP contribution in [-0.4, -0.2) is 32.5 Å². The van der Waals surface area contributed by atoms with Gasteiger partial charge in [0.1, 0.15) is 6.04 Å². The number of nitrogens with zero attached hydrogens (tertiary/aromatic N) is 1. The molecule has 2 amide bonds. The van der Waals surface area contributed by atoms with Gasteiger partial charge in [-0.3, -0.25) is 13.9 Å². The second-order valence-electron chi connectivity index (χ2n) is 9.57. The van der Waals surface area contributed by atoms with Crippen LogP contribution in [0.1, 0.15) is 43.6 Å². The summed E-state index contributed by atoms with van der Waals surface area (Å²) in [6.07, 6.45) is 1.03. The molecule has 1 unspecified atom stereocenters. The predicted octanol–water partition coefficient (Wildman–Crippen LogP) is 5.68. The van der Waals surface area contributed by atoms with Crippen molar-refractivity contribution in [3.05, 3.63) is 88.9 Å². The van der Waals surface area contributed by atoms with Crippen molar-refractivity contribution in [2.45, 2.75) is 39.2 Å². The number of nitrogens with one attached hydrogen (secondary N) is 2. The zero-order valence-corrected chi connectivity index (χ0v) is 22.4. The first-order valence-corrected chi connectivity index (χ1v) is 13.6. The number of carbonyl (C=O) groups excluding carboxylic acids is 2. The second kappa shape index (κ2) is 10.7. The van der Waals surface area contributed by atoms with Crippen LogP contribution in [0.15, 0.2) is 72.8 Å². The molecule has 0 saturated carbocycles. The molecular weight excluding hydrogens is 498 g/mol. The molecule has 7 nitrogen and oxygen atoms in total. The molecule has 0 heterocycles. The molecule has 0 aliphatic heterocycles. The molecule has 0 aliphatic carbocycles. The highest BCUT2D eigenvalue weighted by Gasteiger charge is 2.29. The van der Waals surface area contributed by atoms with Crippen molar-refractivity contribution in [2.24, 2.45) is 0 Å². The van der Waals surface area contributed by atoms with Gasteiger partial charge in [-0.1, -0.05) is 56.6 Å². The summed E-state index contributed by atoms with van der Waals surface area (Å²) in [6, 6.07) is 19.3. The molecule has 3 rings (SSSR count). The summed E-state index contributed by atoms with van der Waals surface area (Å²) < 4.78 is 26.0. The van der Waals surface area contributed by atoms with E-state index in [1.807, 2.05) is 12.1 Å². The van der Waals surface area contributed by atoms with Crippen LogP contribution in [-0.2, 0) is 20.2 Å². The minimum Gasteiger partial charge on any atom is -0.324 e. The van der Waals surface area contributed by atoms with Gasteiger partial charge in [-0.05, 0) is 66.4 Å². The lowest BCUT2D eigenvalue weighted by atomic mass is 9.87. The molecule has 0 radical (unpaired) electrons. The van der Waals surface area contributed by atoms with E-state index in [-0.39, 0.29) is 17.0 Å². The van der Waals surface area contributed by atoms with E-state index in [1.54, 1.807) is 54.6 Å². The minimum absolute atomic E-state index is 0.0157. The third-order valence-corrected chi connectivity index (χ3v) is 7.03. The topological polar surface area (TPSA) is 95.6 Å². The number of anilines is 3. The first-order valence-electron chi connectivity index (χ1n) is 11.3. The number of carbonyl (C=O) groups is 2. The fourth-order valence-corrected chi connectivity index (χ4v) is 5.02. The molecule has 3 aromatic rings. The van der Waals surface area contributed by atoms with Crippen LogP contribution in [0.4, 0.5) is 17.1 Å². The molecule has 3 aromatic carbocycles. The van der Waals surface area contributed by atoms with E-state index in [4.69, 9.17) is 11.6 Å². The Morgan fingerprint density at radius 3 is 2.03 bits per heavy atom. The first kappa shape index (κ1) is 27.2. The van der Waals surface area contributed by atoms with Crippen LogP contribution in [0.3, 0.4) is 0 Å². The Bertz CT molecular complexity index is 1370. The van der Waals surface area contributed by atoms with Crippen LogP contribution >= 0.6 is 11.6 Å². The Morgan fingerprint density at radius 2 is 1.47 bits per heavy atom. The number of halogens is 1. The van der Waals surface area contributed by atoms with Gasteiger partial charge in [-0.25, -0.2) is 8.42 Å². The van der Waals surface area contributed by atoms with E-state index >= 15 is 0 Å². The Hall–Kier alpha value is -3.36. The van der Waals surface area contributed by atoms with Crippen molar-refractivity contribution in [1.29, 1.82) is 0 Å². The first-order chi connectivity index (χ1) is 16.8. The minimum atomic E-state index is -3.78. The molecule has 190 valence electrons. The van der Waals surface area contributed by atoms with E-state index in [0.29, 0.717) is 22.0 Å². The highest BCUT2D eigenvalue weighted by Crippen LogP contribution is 2.26. The van der Waals surface area contributed by atoms with Gasteiger partial charge in [0, 0.05) is 22.0 Å². The van der Waals surface area contributed by atoms with Gasteiger partial charge in [0.25, 0.3) is 5.91 Å². The third kappa shape index (κ3) is 6.86. The molecule has 0 fully saturated rings. The van der Waals surface area contributed by atoms with Gasteiger partial charge >= 0.3 is 0 Å². The van der Waals surface area contributed by atoms with Crippen molar-refractivity contribution in [2.75, 3.05) is 21.2 Å². The van der Waals surface area contributed by atoms with Crippen molar-refractivity contribution in [1.82, 2.24) is 0 Å². The van der Waals surface area contributed by atoms with Crippen LogP contribution < -0.4 is 14.9 Å². The van der Waals surface area contributed by atoms with E-state index < -0.39 is 22.0 Å². The van der Waals surface area contributed by atoms with Gasteiger partial charge in [-0.2, -0.15) is 0 Å². The highest BCUT2D eigenvalue weighted by molar-refractivity contribution is 7.92. The van der Waals surface area contributed by atoms with Gasteiger partial charge in [-0.15, -0.1) is 0 Å². The molecule has 0 spiro atoms. The van der Waals surface area contributed by atoms with Gasteiger partial charge in [0.2, 0.25) is 15.9 Å². The zero-order chi connectivity index (χ0) is 26.7. The fourth-order valence-electron chi connectivity index (χ4n) is 3.67. The molecule has 9 heteroatoms. The summed E-state index contributed by atoms with van der Waals surface area (Å²) >= 11 is 6.03. The summed E-state index contributed by atoms with van der Waals surface area (Å²) in [6.45, 7) is 7.80. The Balaban J connectivity index is 1.74. The lowest BCUT2D eigenvalue weighted by Gasteiger charge is -2.28. The number of benzene rings is 3. The molecule has 0 aliphatic rings. The van der Waals surface area contributed by atoms with E-state index in [9.17, 15) is 18.0 Å². The molecular formula is C27H30ClN3O4S. The van der Waals surface area contributed by atoms with Crippen LogP contribution in [0, 0.1) is 0 Å². The summed E-state index contributed by atoms with van der Waals surface area (Å²) in [5.74, 6) is -0.821. The lowest BCUT2D eigenvalue weighted by Crippen LogP contribution is -2.45. The monoisotopic (exact) mass is 527 g/mol. The number of sulfonamides is 1. The van der Waals surface area contributed by atoms with E-state index in [2.05, 4.69) is 31.4 Å². The van der Waals surface area contributed by atoms with E-state index in [1.165, 1.54) is 13.0 Å². The van der Waals surface area contributed by atoms with Crippen molar-refractivity contribution in [3.8, 4) is 0 Å². The molecule has 0 aromatic heterocycles. The maximum absolute atomic E-state index is 13.0. The fraction of sp³-hybridized carbons (Fsp3) is 0.259. The number of hydrogen-bond donors (Lipinski definition) is 2. The number of rotatable bonds is 7. The average Bonchev–Trinajstić information content (AvgIpc) is 2.78. The number of hydrogen-bond acceptors (Lipinski definition) is 4. The van der Waals surface area contributed by atoms with Crippen molar-refractivity contribution >= 4 is 50.5 Å². The van der Waals surface area contributed by atoms with Gasteiger partial charge in [0.15, 0.2) is 0 Å². The van der Waals surface area contributed by atoms with Crippen molar-refractivity contribution in [3.63, 3.8) is 0 Å². The zero-order valence-electron chi connectivity index (χ0n) is 20.9. The summed E-state index contributed by atoms with van der Waals surface area (Å²) in [4.78, 5) is 25.7. The van der Waals surface area contributed by atoms with Crippen molar-refractivity contribution < 1.29 is 18.0 Å². The van der Waals surface area contributed by atoms with Crippen LogP contribution in [0.25, 0.3) is 0 Å². The maximum Gasteiger partial charge on any atom is 0.255 e. The number of amides is 2. The summed E-state index contributed by atoms with van der Waals surface area (Å²) in [5.41, 5.74) is 2.80. The summed E-state index contributed by atoms with van der Waals surface area (Å²) in [5, 5.41) is 5.91. The molecule has 36 heavy (non-hydrogen) atoms. The Kier molecular flexibility index (Phi) is 8.11.